The molecule has 21 heavy (non-hydrogen) atoms. The molecule has 2 rings (SSSR count). The van der Waals surface area contributed by atoms with Crippen LogP contribution in [0.2, 0.25) is 0 Å². The van der Waals surface area contributed by atoms with Gasteiger partial charge in [0.25, 0.3) is 5.69 Å². The molecule has 0 spiro atoms. The summed E-state index contributed by atoms with van der Waals surface area (Å²) in [7, 11) is 0. The molecule has 1 aromatic carbocycles. The molecule has 0 aliphatic carbocycles. The van der Waals surface area contributed by atoms with Crippen LogP contribution < -0.4 is 11.1 Å². The molecule has 1 fully saturated rings. The molecule has 114 valence electrons. The summed E-state index contributed by atoms with van der Waals surface area (Å²) in [6.07, 6.45) is 1.15. The average molecular weight is 358 g/mol. The van der Waals surface area contributed by atoms with Crippen molar-refractivity contribution in [1.82, 2.24) is 0 Å². The third-order valence-corrected chi connectivity index (χ3v) is 4.36. The molecule has 0 atom stereocenters. The van der Waals surface area contributed by atoms with Gasteiger partial charge in [-0.15, -0.1) is 0 Å². The highest BCUT2D eigenvalue weighted by Gasteiger charge is 2.38. The summed E-state index contributed by atoms with van der Waals surface area (Å²) in [5, 5.41) is 13.5. The minimum Gasteiger partial charge on any atom is -0.381 e. The van der Waals surface area contributed by atoms with E-state index in [9.17, 15) is 14.9 Å². The molecule has 8 heteroatoms. The maximum absolute atomic E-state index is 12.5. The van der Waals surface area contributed by atoms with Crippen molar-refractivity contribution in [3.63, 3.8) is 0 Å². The molecule has 0 saturated carbocycles. The molecule has 0 aromatic heterocycles. The van der Waals surface area contributed by atoms with Gasteiger partial charge >= 0.3 is 0 Å². The minimum absolute atomic E-state index is 0.0485. The van der Waals surface area contributed by atoms with E-state index in [2.05, 4.69) is 21.2 Å². The maximum atomic E-state index is 12.5. The Kier molecular flexibility index (Phi) is 4.92. The predicted octanol–water partition coefficient (Wildman–Crippen LogP) is 2.05. The first-order valence-electron chi connectivity index (χ1n) is 6.52. The molecule has 1 heterocycles. The van der Waals surface area contributed by atoms with Crippen LogP contribution in [0.5, 0.6) is 0 Å². The van der Waals surface area contributed by atoms with Crippen molar-refractivity contribution in [3.05, 3.63) is 32.8 Å². The van der Waals surface area contributed by atoms with Gasteiger partial charge in [0, 0.05) is 31.5 Å². The van der Waals surface area contributed by atoms with Crippen molar-refractivity contribution in [2.75, 3.05) is 25.1 Å². The van der Waals surface area contributed by atoms with Gasteiger partial charge in [-0.2, -0.15) is 0 Å². The summed E-state index contributed by atoms with van der Waals surface area (Å²) in [5.41, 5.74) is 5.59. The van der Waals surface area contributed by atoms with Crippen LogP contribution in [0, 0.1) is 15.5 Å². The number of ether oxygens (including phenoxy) is 1. The lowest BCUT2D eigenvalue weighted by Crippen LogP contribution is -2.46. The van der Waals surface area contributed by atoms with Crippen LogP contribution in [0.15, 0.2) is 22.7 Å². The Bertz CT molecular complexity index is 558. The lowest BCUT2D eigenvalue weighted by molar-refractivity contribution is -0.385. The summed E-state index contributed by atoms with van der Waals surface area (Å²) in [6, 6.07) is 4.36. The van der Waals surface area contributed by atoms with E-state index >= 15 is 0 Å². The molecule has 0 radical (unpaired) electrons. The van der Waals surface area contributed by atoms with Gasteiger partial charge < -0.3 is 15.8 Å². The number of nitro groups is 1. The summed E-state index contributed by atoms with van der Waals surface area (Å²) < 4.78 is 5.59. The highest BCUT2D eigenvalue weighted by Crippen LogP contribution is 2.32. The highest BCUT2D eigenvalue weighted by molar-refractivity contribution is 9.10. The third kappa shape index (κ3) is 3.39. The Morgan fingerprint density at radius 2 is 2.14 bits per heavy atom. The van der Waals surface area contributed by atoms with Crippen molar-refractivity contribution in [1.29, 1.82) is 0 Å². The Morgan fingerprint density at radius 3 is 2.67 bits per heavy atom. The highest BCUT2D eigenvalue weighted by atomic mass is 79.9. The van der Waals surface area contributed by atoms with Crippen molar-refractivity contribution < 1.29 is 14.5 Å². The molecule has 3 N–H and O–H groups in total. The summed E-state index contributed by atoms with van der Waals surface area (Å²) >= 11 is 3.13. The molecule has 1 aliphatic rings. The second kappa shape index (κ2) is 6.50. The van der Waals surface area contributed by atoms with Gasteiger partial charge in [0.1, 0.15) is 0 Å². The molecule has 0 unspecified atom stereocenters. The number of benzene rings is 1. The fourth-order valence-corrected chi connectivity index (χ4v) is 2.81. The number of halogens is 1. The van der Waals surface area contributed by atoms with Crippen LogP contribution in [-0.4, -0.2) is 30.6 Å². The number of carbonyl (C=O) groups is 1. The standard InChI is InChI=1S/C13H16BrN3O4/c14-10-7-9(1-2-11(10)17(19)20)16-12(18)13(8-15)3-5-21-6-4-13/h1-2,7H,3-6,8,15H2,(H,16,18). The fraction of sp³-hybridized carbons (Fsp3) is 0.462. The van der Waals surface area contributed by atoms with Crippen LogP contribution in [-0.2, 0) is 9.53 Å². The lowest BCUT2D eigenvalue weighted by atomic mass is 9.79. The summed E-state index contributed by atoms with van der Waals surface area (Å²) in [6.45, 7) is 1.26. The van der Waals surface area contributed by atoms with Gasteiger partial charge in [-0.1, -0.05) is 0 Å². The summed E-state index contributed by atoms with van der Waals surface area (Å²) in [4.78, 5) is 22.7. The second-order valence-electron chi connectivity index (χ2n) is 4.97. The zero-order chi connectivity index (χ0) is 15.5. The van der Waals surface area contributed by atoms with E-state index in [-0.39, 0.29) is 18.1 Å². The van der Waals surface area contributed by atoms with Gasteiger partial charge in [0.05, 0.1) is 14.8 Å². The number of carbonyl (C=O) groups excluding carboxylic acids is 1. The van der Waals surface area contributed by atoms with Gasteiger partial charge in [0.2, 0.25) is 5.91 Å². The van der Waals surface area contributed by atoms with Gasteiger partial charge in [0.15, 0.2) is 0 Å². The van der Waals surface area contributed by atoms with Gasteiger partial charge in [-0.25, -0.2) is 0 Å². The molecule has 1 saturated heterocycles. The first kappa shape index (κ1) is 15.9. The molecular weight excluding hydrogens is 342 g/mol. The molecule has 7 nitrogen and oxygen atoms in total. The normalized spacial score (nSPS) is 17.2. The maximum Gasteiger partial charge on any atom is 0.283 e. The van der Waals surface area contributed by atoms with E-state index in [1.165, 1.54) is 18.2 Å². The minimum atomic E-state index is -0.632. The molecule has 1 aliphatic heterocycles. The van der Waals surface area contributed by atoms with Crippen molar-refractivity contribution in [2.24, 2.45) is 11.1 Å². The quantitative estimate of drug-likeness (QED) is 0.633. The molecule has 1 aromatic rings. The Morgan fingerprint density at radius 1 is 1.48 bits per heavy atom. The first-order chi connectivity index (χ1) is 9.98. The van der Waals surface area contributed by atoms with Crippen LogP contribution in [0.1, 0.15) is 12.8 Å². The van der Waals surface area contributed by atoms with Gasteiger partial charge in [-0.3, -0.25) is 14.9 Å². The third-order valence-electron chi connectivity index (χ3n) is 3.72. The van der Waals surface area contributed by atoms with Crippen LogP contribution in [0.25, 0.3) is 0 Å². The second-order valence-corrected chi connectivity index (χ2v) is 5.83. The van der Waals surface area contributed by atoms with E-state index in [0.29, 0.717) is 36.2 Å². The topological polar surface area (TPSA) is 107 Å². The monoisotopic (exact) mass is 357 g/mol. The largest absolute Gasteiger partial charge is 0.381 e. The van der Waals surface area contributed by atoms with Crippen LogP contribution >= 0.6 is 15.9 Å². The first-order valence-corrected chi connectivity index (χ1v) is 7.31. The van der Waals surface area contributed by atoms with Crippen molar-refractivity contribution in [3.8, 4) is 0 Å². The Hall–Kier alpha value is -1.51. The number of rotatable bonds is 4. The van der Waals surface area contributed by atoms with Crippen LogP contribution in [0.4, 0.5) is 11.4 Å². The average Bonchev–Trinajstić information content (AvgIpc) is 2.47. The van der Waals surface area contributed by atoms with Gasteiger partial charge in [-0.05, 0) is 40.9 Å². The smallest absolute Gasteiger partial charge is 0.283 e. The van der Waals surface area contributed by atoms with Crippen molar-refractivity contribution >= 4 is 33.2 Å². The SMILES string of the molecule is NCC1(C(=O)Nc2ccc([N+](=O)[O-])c(Br)c2)CCOCC1. The molecule has 1 amide bonds. The zero-order valence-electron chi connectivity index (χ0n) is 11.3. The lowest BCUT2D eigenvalue weighted by Gasteiger charge is -2.34. The number of anilines is 1. The molecular formula is C13H16BrN3O4. The number of hydrogen-bond donors (Lipinski definition) is 2. The van der Waals surface area contributed by atoms with E-state index in [1.807, 2.05) is 0 Å². The zero-order valence-corrected chi connectivity index (χ0v) is 12.9. The number of hydrogen-bond acceptors (Lipinski definition) is 5. The van der Waals surface area contributed by atoms with E-state index in [1.54, 1.807) is 0 Å². The molecule has 0 bridgehead atoms. The van der Waals surface area contributed by atoms with E-state index in [4.69, 9.17) is 10.5 Å². The summed E-state index contributed by atoms with van der Waals surface area (Å²) in [5.74, 6) is -0.172. The Balaban J connectivity index is 2.15. The number of nitro benzene ring substituents is 1. The number of nitrogens with one attached hydrogen (secondary N) is 1. The predicted molar refractivity (Wildman–Crippen MR) is 81.0 cm³/mol. The fourth-order valence-electron chi connectivity index (χ4n) is 2.28. The van der Waals surface area contributed by atoms with Crippen molar-refractivity contribution in [2.45, 2.75) is 12.8 Å². The number of nitrogens with zero attached hydrogens (tertiary/aromatic N) is 1. The van der Waals surface area contributed by atoms with E-state index < -0.39 is 10.3 Å². The van der Waals surface area contributed by atoms with Crippen LogP contribution in [0.3, 0.4) is 0 Å². The Labute approximate surface area is 130 Å². The number of nitrogens with two attached hydrogens (primary N) is 1. The number of amides is 1. The van der Waals surface area contributed by atoms with E-state index in [0.717, 1.165) is 0 Å².